The Morgan fingerprint density at radius 3 is 2.47 bits per heavy atom. The summed E-state index contributed by atoms with van der Waals surface area (Å²) in [5.41, 5.74) is 3.55. The predicted molar refractivity (Wildman–Crippen MR) is 117 cm³/mol. The van der Waals surface area contributed by atoms with Gasteiger partial charge in [-0.1, -0.05) is 13.0 Å². The standard InChI is InChI=1S/C21H31N5O3S/c1-5-25-11-13-26(14-12-25)30(28,29)19-8-6-7-18(15-19)22-21(27)10-9-20-16(2)23-24(4)17(20)3/h6-8,15H,5,9-14H2,1-4H3,(H,22,27). The first-order chi connectivity index (χ1) is 14.2. The van der Waals surface area contributed by atoms with Crippen LogP contribution in [0.3, 0.4) is 0 Å². The molecule has 9 heteroatoms. The van der Waals surface area contributed by atoms with Gasteiger partial charge in [-0.2, -0.15) is 9.40 Å². The van der Waals surface area contributed by atoms with Crippen molar-refractivity contribution in [1.82, 2.24) is 19.0 Å². The van der Waals surface area contributed by atoms with Crippen LogP contribution in [0.2, 0.25) is 0 Å². The van der Waals surface area contributed by atoms with Crippen molar-refractivity contribution >= 4 is 21.6 Å². The Morgan fingerprint density at radius 1 is 1.17 bits per heavy atom. The molecular formula is C21H31N5O3S. The van der Waals surface area contributed by atoms with Gasteiger partial charge in [0, 0.05) is 51.0 Å². The Bertz CT molecular complexity index is 1010. The molecule has 0 unspecified atom stereocenters. The number of aryl methyl sites for hydroxylation is 2. The van der Waals surface area contributed by atoms with Crippen molar-refractivity contribution in [1.29, 1.82) is 0 Å². The van der Waals surface area contributed by atoms with Crippen LogP contribution in [0, 0.1) is 13.8 Å². The first-order valence-electron chi connectivity index (χ1n) is 10.3. The topological polar surface area (TPSA) is 87.5 Å². The Labute approximate surface area is 178 Å². The lowest BCUT2D eigenvalue weighted by Gasteiger charge is -2.33. The quantitative estimate of drug-likeness (QED) is 0.721. The second-order valence-corrected chi connectivity index (χ2v) is 9.63. The first-order valence-corrected chi connectivity index (χ1v) is 11.8. The molecule has 0 atom stereocenters. The molecule has 0 aliphatic carbocycles. The van der Waals surface area contributed by atoms with Gasteiger partial charge < -0.3 is 10.2 Å². The molecule has 1 N–H and O–H groups in total. The summed E-state index contributed by atoms with van der Waals surface area (Å²) in [6, 6.07) is 6.51. The molecule has 1 aromatic carbocycles. The minimum Gasteiger partial charge on any atom is -0.326 e. The lowest BCUT2D eigenvalue weighted by atomic mass is 10.1. The SMILES string of the molecule is CCN1CCN(S(=O)(=O)c2cccc(NC(=O)CCc3c(C)nn(C)c3C)c2)CC1. The number of aromatic nitrogens is 2. The van der Waals surface area contributed by atoms with E-state index in [9.17, 15) is 13.2 Å². The van der Waals surface area contributed by atoms with Crippen LogP contribution in [0.5, 0.6) is 0 Å². The number of carbonyl (C=O) groups is 1. The van der Waals surface area contributed by atoms with Crippen LogP contribution >= 0.6 is 0 Å². The summed E-state index contributed by atoms with van der Waals surface area (Å²) in [7, 11) is -1.68. The van der Waals surface area contributed by atoms with Crippen LogP contribution in [0.4, 0.5) is 5.69 Å². The number of anilines is 1. The minimum absolute atomic E-state index is 0.149. The van der Waals surface area contributed by atoms with Crippen molar-refractivity contribution in [2.45, 2.75) is 38.5 Å². The average Bonchev–Trinajstić information content (AvgIpc) is 2.97. The molecule has 0 spiro atoms. The van der Waals surface area contributed by atoms with E-state index >= 15 is 0 Å². The number of hydrogen-bond acceptors (Lipinski definition) is 5. The van der Waals surface area contributed by atoms with E-state index in [0.29, 0.717) is 31.6 Å². The fourth-order valence-corrected chi connectivity index (χ4v) is 5.28. The van der Waals surface area contributed by atoms with Gasteiger partial charge in [0.05, 0.1) is 10.6 Å². The number of benzene rings is 1. The summed E-state index contributed by atoms with van der Waals surface area (Å²) in [4.78, 5) is 14.9. The Kier molecular flexibility index (Phi) is 6.95. The molecule has 1 aromatic heterocycles. The van der Waals surface area contributed by atoms with Crippen LogP contribution in [-0.4, -0.2) is 66.0 Å². The molecule has 164 valence electrons. The lowest BCUT2D eigenvalue weighted by Crippen LogP contribution is -2.48. The van der Waals surface area contributed by atoms with Crippen molar-refractivity contribution in [2.75, 3.05) is 38.0 Å². The van der Waals surface area contributed by atoms with Gasteiger partial charge in [-0.15, -0.1) is 0 Å². The maximum atomic E-state index is 13.0. The molecule has 1 amide bonds. The summed E-state index contributed by atoms with van der Waals surface area (Å²) in [5, 5.41) is 7.21. The molecule has 1 aliphatic rings. The zero-order chi connectivity index (χ0) is 21.9. The number of rotatable bonds is 7. The van der Waals surface area contributed by atoms with E-state index in [1.54, 1.807) is 24.3 Å². The summed E-state index contributed by atoms with van der Waals surface area (Å²) >= 11 is 0. The minimum atomic E-state index is -3.57. The van der Waals surface area contributed by atoms with Gasteiger partial charge in [0.15, 0.2) is 0 Å². The van der Waals surface area contributed by atoms with Gasteiger partial charge in [-0.25, -0.2) is 8.42 Å². The molecule has 1 aliphatic heterocycles. The number of piperazine rings is 1. The van der Waals surface area contributed by atoms with E-state index in [1.807, 2.05) is 25.6 Å². The number of nitrogens with one attached hydrogen (secondary N) is 1. The Balaban J connectivity index is 1.64. The molecule has 0 saturated carbocycles. The normalized spacial score (nSPS) is 16.0. The van der Waals surface area contributed by atoms with E-state index in [4.69, 9.17) is 0 Å². The Hall–Kier alpha value is -2.23. The van der Waals surface area contributed by atoms with E-state index in [0.717, 1.165) is 36.6 Å². The number of carbonyl (C=O) groups excluding carboxylic acids is 1. The zero-order valence-corrected chi connectivity index (χ0v) is 19.0. The predicted octanol–water partition coefficient (Wildman–Crippen LogP) is 1.93. The second-order valence-electron chi connectivity index (χ2n) is 7.69. The molecule has 1 fully saturated rings. The van der Waals surface area contributed by atoms with E-state index in [1.165, 1.54) is 4.31 Å². The second kappa shape index (κ2) is 9.28. The fraction of sp³-hybridized carbons (Fsp3) is 0.524. The molecule has 1 saturated heterocycles. The summed E-state index contributed by atoms with van der Waals surface area (Å²) in [6.07, 6.45) is 0.903. The average molecular weight is 434 g/mol. The molecule has 0 bridgehead atoms. The molecule has 8 nitrogen and oxygen atoms in total. The molecule has 2 aromatic rings. The van der Waals surface area contributed by atoms with Gasteiger partial charge in [0.2, 0.25) is 15.9 Å². The van der Waals surface area contributed by atoms with E-state index in [-0.39, 0.29) is 10.8 Å². The highest BCUT2D eigenvalue weighted by atomic mass is 32.2. The zero-order valence-electron chi connectivity index (χ0n) is 18.2. The van der Waals surface area contributed by atoms with Crippen LogP contribution in [0.25, 0.3) is 0 Å². The third-order valence-electron chi connectivity index (χ3n) is 5.79. The number of nitrogens with zero attached hydrogens (tertiary/aromatic N) is 4. The number of hydrogen-bond donors (Lipinski definition) is 1. The van der Waals surface area contributed by atoms with Gasteiger partial charge in [-0.3, -0.25) is 9.48 Å². The van der Waals surface area contributed by atoms with Crippen molar-refractivity contribution in [2.24, 2.45) is 7.05 Å². The molecule has 3 rings (SSSR count). The lowest BCUT2D eigenvalue weighted by molar-refractivity contribution is -0.116. The molecule has 2 heterocycles. The third kappa shape index (κ3) is 4.91. The number of amides is 1. The van der Waals surface area contributed by atoms with Crippen LogP contribution in [0.15, 0.2) is 29.2 Å². The monoisotopic (exact) mass is 433 g/mol. The third-order valence-corrected chi connectivity index (χ3v) is 7.69. The highest BCUT2D eigenvalue weighted by Crippen LogP contribution is 2.21. The molecule has 0 radical (unpaired) electrons. The number of sulfonamides is 1. The van der Waals surface area contributed by atoms with Gasteiger partial charge in [0.1, 0.15) is 0 Å². The summed E-state index contributed by atoms with van der Waals surface area (Å²) in [5.74, 6) is -0.149. The van der Waals surface area contributed by atoms with Crippen LogP contribution < -0.4 is 5.32 Å². The highest BCUT2D eigenvalue weighted by Gasteiger charge is 2.28. The van der Waals surface area contributed by atoms with Crippen LogP contribution in [0.1, 0.15) is 30.3 Å². The summed E-state index contributed by atoms with van der Waals surface area (Å²) < 4.78 is 29.3. The van der Waals surface area contributed by atoms with Crippen molar-refractivity contribution in [3.63, 3.8) is 0 Å². The highest BCUT2D eigenvalue weighted by molar-refractivity contribution is 7.89. The van der Waals surface area contributed by atoms with Gasteiger partial charge in [0.25, 0.3) is 0 Å². The van der Waals surface area contributed by atoms with Gasteiger partial charge >= 0.3 is 0 Å². The van der Waals surface area contributed by atoms with Crippen molar-refractivity contribution in [3.05, 3.63) is 41.2 Å². The summed E-state index contributed by atoms with van der Waals surface area (Å²) in [6.45, 7) is 9.36. The first kappa shape index (κ1) is 22.5. The van der Waals surface area contributed by atoms with E-state index in [2.05, 4.69) is 22.2 Å². The van der Waals surface area contributed by atoms with Crippen molar-refractivity contribution < 1.29 is 13.2 Å². The smallest absolute Gasteiger partial charge is 0.243 e. The fourth-order valence-electron chi connectivity index (χ4n) is 3.81. The van der Waals surface area contributed by atoms with Crippen LogP contribution in [-0.2, 0) is 28.3 Å². The molecular weight excluding hydrogens is 402 g/mol. The number of likely N-dealkylation sites (N-methyl/N-ethyl adjacent to an activating group) is 1. The van der Waals surface area contributed by atoms with E-state index < -0.39 is 10.0 Å². The maximum absolute atomic E-state index is 13.0. The largest absolute Gasteiger partial charge is 0.326 e. The maximum Gasteiger partial charge on any atom is 0.243 e. The van der Waals surface area contributed by atoms with Gasteiger partial charge in [-0.05, 0) is 50.6 Å². The molecule has 30 heavy (non-hydrogen) atoms. The van der Waals surface area contributed by atoms with Crippen molar-refractivity contribution in [3.8, 4) is 0 Å². The Morgan fingerprint density at radius 2 is 1.87 bits per heavy atom.